The molecule has 2 atom stereocenters. The van der Waals surface area contributed by atoms with Crippen molar-refractivity contribution in [2.75, 3.05) is 20.3 Å². The number of likely N-dealkylation sites (N-methyl/N-ethyl adjacent to an activating group) is 1. The maximum absolute atomic E-state index is 11.1. The molecule has 0 aliphatic carbocycles. The summed E-state index contributed by atoms with van der Waals surface area (Å²) in [6.07, 6.45) is 0. The van der Waals surface area contributed by atoms with Crippen LogP contribution in [-0.2, 0) is 16.1 Å². The van der Waals surface area contributed by atoms with Crippen LogP contribution in [0.25, 0.3) is 0 Å². The van der Waals surface area contributed by atoms with Gasteiger partial charge in [-0.3, -0.25) is 9.69 Å². The second kappa shape index (κ2) is 5.83. The Morgan fingerprint density at radius 3 is 3.05 bits per heavy atom. The van der Waals surface area contributed by atoms with E-state index in [2.05, 4.69) is 6.07 Å². The van der Waals surface area contributed by atoms with Gasteiger partial charge in [-0.2, -0.15) is 5.26 Å². The zero-order valence-corrected chi connectivity index (χ0v) is 10.7. The second-order valence-corrected chi connectivity index (χ2v) is 4.78. The van der Waals surface area contributed by atoms with Crippen molar-refractivity contribution in [2.24, 2.45) is 5.92 Å². The smallest absolute Gasteiger partial charge is 0.310 e. The predicted molar refractivity (Wildman–Crippen MR) is 68.4 cm³/mol. The van der Waals surface area contributed by atoms with Gasteiger partial charge in [0.1, 0.15) is 0 Å². The van der Waals surface area contributed by atoms with Gasteiger partial charge in [0.05, 0.1) is 30.8 Å². The van der Waals surface area contributed by atoms with E-state index in [1.165, 1.54) is 0 Å². The SMILES string of the molecule is CN(Cc1cccc(C#N)c1)C1COCC1C(=O)O. The number of ether oxygens (including phenoxy) is 1. The first-order valence-electron chi connectivity index (χ1n) is 6.11. The molecule has 100 valence electrons. The number of aliphatic carboxylic acids is 1. The highest BCUT2D eigenvalue weighted by atomic mass is 16.5. The van der Waals surface area contributed by atoms with Crippen LogP contribution in [0.2, 0.25) is 0 Å². The molecule has 0 saturated carbocycles. The Kier molecular flexibility index (Phi) is 4.15. The summed E-state index contributed by atoms with van der Waals surface area (Å²) in [6, 6.07) is 9.32. The first-order chi connectivity index (χ1) is 9.11. The zero-order chi connectivity index (χ0) is 13.8. The Balaban J connectivity index is 2.06. The lowest BCUT2D eigenvalue weighted by Gasteiger charge is -2.26. The maximum atomic E-state index is 11.1. The van der Waals surface area contributed by atoms with E-state index in [-0.39, 0.29) is 12.6 Å². The molecule has 5 heteroatoms. The molecule has 1 aromatic carbocycles. The second-order valence-electron chi connectivity index (χ2n) is 4.78. The van der Waals surface area contributed by atoms with Gasteiger partial charge in [-0.05, 0) is 24.7 Å². The van der Waals surface area contributed by atoms with Crippen molar-refractivity contribution in [1.29, 1.82) is 5.26 Å². The Morgan fingerprint density at radius 2 is 2.37 bits per heavy atom. The highest BCUT2D eigenvalue weighted by Crippen LogP contribution is 2.20. The molecule has 1 aliphatic rings. The molecule has 1 fully saturated rings. The average Bonchev–Trinajstić information content (AvgIpc) is 2.88. The Hall–Kier alpha value is -1.90. The fourth-order valence-electron chi connectivity index (χ4n) is 2.36. The van der Waals surface area contributed by atoms with Crippen LogP contribution in [0.5, 0.6) is 0 Å². The topological polar surface area (TPSA) is 73.6 Å². The first kappa shape index (κ1) is 13.5. The molecule has 2 rings (SSSR count). The van der Waals surface area contributed by atoms with Gasteiger partial charge in [0.2, 0.25) is 0 Å². The molecule has 0 radical (unpaired) electrons. The third kappa shape index (κ3) is 3.11. The molecule has 0 spiro atoms. The predicted octanol–water partition coefficient (Wildman–Crippen LogP) is 1.09. The molecule has 1 aromatic rings. The number of carboxylic acid groups (broad SMARTS) is 1. The average molecular weight is 260 g/mol. The van der Waals surface area contributed by atoms with Gasteiger partial charge in [0, 0.05) is 12.6 Å². The number of carboxylic acids is 1. The number of rotatable bonds is 4. The molecule has 19 heavy (non-hydrogen) atoms. The summed E-state index contributed by atoms with van der Waals surface area (Å²) in [7, 11) is 1.88. The van der Waals surface area contributed by atoms with Gasteiger partial charge in [-0.15, -0.1) is 0 Å². The van der Waals surface area contributed by atoms with Gasteiger partial charge >= 0.3 is 5.97 Å². The number of hydrogen-bond donors (Lipinski definition) is 1. The molecular weight excluding hydrogens is 244 g/mol. The van der Waals surface area contributed by atoms with Crippen molar-refractivity contribution in [3.63, 3.8) is 0 Å². The fourth-order valence-corrected chi connectivity index (χ4v) is 2.36. The summed E-state index contributed by atoms with van der Waals surface area (Å²) in [5.41, 5.74) is 1.61. The highest BCUT2D eigenvalue weighted by Gasteiger charge is 2.36. The first-order valence-corrected chi connectivity index (χ1v) is 6.11. The number of carbonyl (C=O) groups is 1. The van der Waals surface area contributed by atoms with Crippen molar-refractivity contribution in [3.05, 3.63) is 35.4 Å². The molecular formula is C14H16N2O3. The van der Waals surface area contributed by atoms with Crippen molar-refractivity contribution >= 4 is 5.97 Å². The minimum atomic E-state index is -0.819. The minimum absolute atomic E-state index is 0.122. The molecule has 1 heterocycles. The molecule has 1 aliphatic heterocycles. The Bertz CT molecular complexity index is 510. The van der Waals surface area contributed by atoms with Gasteiger partial charge < -0.3 is 9.84 Å². The summed E-state index contributed by atoms with van der Waals surface area (Å²) in [6.45, 7) is 1.31. The van der Waals surface area contributed by atoms with E-state index in [0.29, 0.717) is 18.7 Å². The summed E-state index contributed by atoms with van der Waals surface area (Å²) >= 11 is 0. The number of benzene rings is 1. The molecule has 0 bridgehead atoms. The van der Waals surface area contributed by atoms with E-state index in [1.807, 2.05) is 30.1 Å². The maximum Gasteiger partial charge on any atom is 0.310 e. The number of hydrogen-bond acceptors (Lipinski definition) is 4. The van der Waals surface area contributed by atoms with E-state index in [1.54, 1.807) is 6.07 Å². The Labute approximate surface area is 112 Å². The third-order valence-corrected chi connectivity index (χ3v) is 3.42. The largest absolute Gasteiger partial charge is 0.481 e. The van der Waals surface area contributed by atoms with Gasteiger partial charge in [0.25, 0.3) is 0 Å². The summed E-state index contributed by atoms with van der Waals surface area (Å²) < 4.78 is 5.26. The lowest BCUT2D eigenvalue weighted by Crippen LogP contribution is -2.40. The Morgan fingerprint density at radius 1 is 1.58 bits per heavy atom. The van der Waals surface area contributed by atoms with Crippen LogP contribution in [-0.4, -0.2) is 42.3 Å². The van der Waals surface area contributed by atoms with Crippen LogP contribution < -0.4 is 0 Å². The van der Waals surface area contributed by atoms with Crippen molar-refractivity contribution in [3.8, 4) is 6.07 Å². The van der Waals surface area contributed by atoms with Gasteiger partial charge in [-0.25, -0.2) is 0 Å². The fraction of sp³-hybridized carbons (Fsp3) is 0.429. The van der Waals surface area contributed by atoms with Crippen molar-refractivity contribution in [1.82, 2.24) is 4.90 Å². The van der Waals surface area contributed by atoms with Crippen LogP contribution in [0.1, 0.15) is 11.1 Å². The third-order valence-electron chi connectivity index (χ3n) is 3.42. The van der Waals surface area contributed by atoms with Crippen LogP contribution in [0.15, 0.2) is 24.3 Å². The van der Waals surface area contributed by atoms with E-state index in [9.17, 15) is 4.79 Å². The van der Waals surface area contributed by atoms with Crippen LogP contribution in [0.4, 0.5) is 0 Å². The van der Waals surface area contributed by atoms with Crippen LogP contribution >= 0.6 is 0 Å². The lowest BCUT2D eigenvalue weighted by molar-refractivity contribution is -0.143. The molecule has 2 unspecified atom stereocenters. The van der Waals surface area contributed by atoms with E-state index < -0.39 is 11.9 Å². The van der Waals surface area contributed by atoms with E-state index >= 15 is 0 Å². The van der Waals surface area contributed by atoms with E-state index in [0.717, 1.165) is 5.56 Å². The van der Waals surface area contributed by atoms with Crippen molar-refractivity contribution in [2.45, 2.75) is 12.6 Å². The monoisotopic (exact) mass is 260 g/mol. The molecule has 0 aromatic heterocycles. The normalized spacial score (nSPS) is 22.4. The van der Waals surface area contributed by atoms with Crippen molar-refractivity contribution < 1.29 is 14.6 Å². The highest BCUT2D eigenvalue weighted by molar-refractivity contribution is 5.71. The summed E-state index contributed by atoms with van der Waals surface area (Å²) in [5.74, 6) is -1.30. The quantitative estimate of drug-likeness (QED) is 0.877. The van der Waals surface area contributed by atoms with Crippen LogP contribution in [0, 0.1) is 17.2 Å². The molecule has 5 nitrogen and oxygen atoms in total. The number of nitrogens with zero attached hydrogens (tertiary/aromatic N) is 2. The van der Waals surface area contributed by atoms with Gasteiger partial charge in [0.15, 0.2) is 0 Å². The van der Waals surface area contributed by atoms with Crippen LogP contribution in [0.3, 0.4) is 0 Å². The van der Waals surface area contributed by atoms with E-state index in [4.69, 9.17) is 15.1 Å². The number of nitriles is 1. The van der Waals surface area contributed by atoms with Gasteiger partial charge in [-0.1, -0.05) is 12.1 Å². The molecule has 0 amide bonds. The zero-order valence-electron chi connectivity index (χ0n) is 10.7. The molecule has 1 saturated heterocycles. The summed E-state index contributed by atoms with van der Waals surface area (Å²) in [5, 5.41) is 18.0. The standard InChI is InChI=1S/C14H16N2O3/c1-16(13-9-19-8-12(13)14(17)18)7-11-4-2-3-10(5-11)6-15/h2-5,12-13H,7-9H2,1H3,(H,17,18). The lowest BCUT2D eigenvalue weighted by atomic mass is 10.0. The molecule has 1 N–H and O–H groups in total. The summed E-state index contributed by atoms with van der Waals surface area (Å²) in [4.78, 5) is 13.1. The minimum Gasteiger partial charge on any atom is -0.481 e.